The Bertz CT molecular complexity index is 1620. The molecule has 188 valence electrons. The highest BCUT2D eigenvalue weighted by molar-refractivity contribution is 9.10. The van der Waals surface area contributed by atoms with Gasteiger partial charge in [-0.25, -0.2) is 22.7 Å². The van der Waals surface area contributed by atoms with Crippen LogP contribution >= 0.6 is 15.9 Å². The Morgan fingerprint density at radius 2 is 1.92 bits per heavy atom. The number of methoxy groups -OCH3 is 1. The first-order valence-corrected chi connectivity index (χ1v) is 11.7. The van der Waals surface area contributed by atoms with Crippen molar-refractivity contribution in [1.29, 1.82) is 0 Å². The minimum absolute atomic E-state index is 0.0331. The molecule has 0 atom stereocenters. The lowest BCUT2D eigenvalue weighted by atomic mass is 10.1. The lowest BCUT2D eigenvalue weighted by molar-refractivity contribution is 0.102. The molecule has 0 bridgehead atoms. The second-order valence-electron chi connectivity index (χ2n) is 7.93. The van der Waals surface area contributed by atoms with Gasteiger partial charge in [-0.05, 0) is 40.2 Å². The van der Waals surface area contributed by atoms with Gasteiger partial charge in [-0.2, -0.15) is 10.2 Å². The maximum atomic E-state index is 14.0. The summed E-state index contributed by atoms with van der Waals surface area (Å²) in [5.41, 5.74) is 0.583. The van der Waals surface area contributed by atoms with E-state index in [2.05, 4.69) is 36.4 Å². The first-order valence-electron chi connectivity index (χ1n) is 10.9. The Kier molecular flexibility index (Phi) is 6.66. The fraction of sp³-hybridized carbons (Fsp3) is 0.120. The number of fused-ring (bicyclic) bond motifs is 1. The summed E-state index contributed by atoms with van der Waals surface area (Å²) < 4.78 is 50.1. The molecule has 3 aromatic heterocycles. The van der Waals surface area contributed by atoms with Gasteiger partial charge in [-0.1, -0.05) is 30.3 Å². The van der Waals surface area contributed by atoms with E-state index in [1.165, 1.54) is 30.1 Å². The number of hydrogen-bond donors (Lipinski definition) is 1. The summed E-state index contributed by atoms with van der Waals surface area (Å²) in [4.78, 5) is 17.6. The van der Waals surface area contributed by atoms with Crippen LogP contribution in [0.3, 0.4) is 0 Å². The molecule has 0 spiro atoms. The number of amides is 1. The molecular formula is C25H18BrF3N6O2. The van der Waals surface area contributed by atoms with Crippen LogP contribution in [-0.4, -0.2) is 37.4 Å². The molecule has 12 heteroatoms. The van der Waals surface area contributed by atoms with Crippen LogP contribution < -0.4 is 10.1 Å². The first kappa shape index (κ1) is 24.5. The van der Waals surface area contributed by atoms with Crippen LogP contribution in [0.4, 0.5) is 19.0 Å². The smallest absolute Gasteiger partial charge is 0.280 e. The lowest BCUT2D eigenvalue weighted by Crippen LogP contribution is -2.14. The maximum absolute atomic E-state index is 14.0. The number of nitrogens with zero attached hydrogens (tertiary/aromatic N) is 5. The first-order chi connectivity index (χ1) is 17.9. The molecule has 0 saturated carbocycles. The molecule has 3 heterocycles. The molecule has 0 saturated heterocycles. The lowest BCUT2D eigenvalue weighted by Gasteiger charge is -2.11. The van der Waals surface area contributed by atoms with Gasteiger partial charge in [-0.3, -0.25) is 9.48 Å². The van der Waals surface area contributed by atoms with E-state index in [4.69, 9.17) is 4.74 Å². The third-order valence-electron chi connectivity index (χ3n) is 5.59. The maximum Gasteiger partial charge on any atom is 0.280 e. The van der Waals surface area contributed by atoms with Crippen LogP contribution in [-0.2, 0) is 6.54 Å². The van der Waals surface area contributed by atoms with Crippen molar-refractivity contribution >= 4 is 33.3 Å². The van der Waals surface area contributed by atoms with Gasteiger partial charge in [0.15, 0.2) is 11.5 Å². The number of carbonyl (C=O) groups excluding carboxylic acids is 1. The van der Waals surface area contributed by atoms with E-state index >= 15 is 0 Å². The van der Waals surface area contributed by atoms with Gasteiger partial charge in [0.05, 0.1) is 30.0 Å². The molecule has 0 aliphatic heterocycles. The molecular weight excluding hydrogens is 553 g/mol. The fourth-order valence-electron chi connectivity index (χ4n) is 3.83. The number of rotatable bonds is 7. The van der Waals surface area contributed by atoms with Crippen molar-refractivity contribution in [2.45, 2.75) is 13.0 Å². The number of alkyl halides is 2. The number of benzene rings is 2. The zero-order valence-corrected chi connectivity index (χ0v) is 20.8. The van der Waals surface area contributed by atoms with Gasteiger partial charge in [-0.15, -0.1) is 0 Å². The SMILES string of the molecule is COc1ccccc1-c1cc(C(F)F)n2ncc(C(=O)Nc3nn(Cc4ccccc4F)cc3Br)c2n1. The number of anilines is 1. The van der Waals surface area contributed by atoms with Crippen molar-refractivity contribution in [1.82, 2.24) is 24.4 Å². The Hall–Kier alpha value is -4.19. The number of aromatic nitrogens is 5. The van der Waals surface area contributed by atoms with E-state index in [1.807, 2.05) is 0 Å². The molecule has 0 aliphatic rings. The van der Waals surface area contributed by atoms with Crippen molar-refractivity contribution in [2.75, 3.05) is 12.4 Å². The molecule has 0 fully saturated rings. The average molecular weight is 571 g/mol. The van der Waals surface area contributed by atoms with Crippen molar-refractivity contribution in [2.24, 2.45) is 0 Å². The number of halogens is 4. The van der Waals surface area contributed by atoms with E-state index in [0.29, 0.717) is 21.3 Å². The van der Waals surface area contributed by atoms with E-state index < -0.39 is 18.0 Å². The van der Waals surface area contributed by atoms with Gasteiger partial charge in [0, 0.05) is 17.3 Å². The molecule has 0 aliphatic carbocycles. The van der Waals surface area contributed by atoms with Gasteiger partial charge in [0.2, 0.25) is 0 Å². The quantitative estimate of drug-likeness (QED) is 0.269. The average Bonchev–Trinajstić information content (AvgIpc) is 3.47. The molecule has 8 nitrogen and oxygen atoms in total. The minimum Gasteiger partial charge on any atom is -0.496 e. The Morgan fingerprint density at radius 1 is 1.16 bits per heavy atom. The van der Waals surface area contributed by atoms with E-state index in [1.54, 1.807) is 48.7 Å². The summed E-state index contributed by atoms with van der Waals surface area (Å²) in [6.07, 6.45) is -0.122. The molecule has 5 aromatic rings. The van der Waals surface area contributed by atoms with Crippen molar-refractivity contribution in [3.05, 3.63) is 94.1 Å². The minimum atomic E-state index is -2.88. The van der Waals surface area contributed by atoms with Gasteiger partial charge >= 0.3 is 0 Å². The summed E-state index contributed by atoms with van der Waals surface area (Å²) in [6, 6.07) is 14.3. The number of nitrogens with one attached hydrogen (secondary N) is 1. The third kappa shape index (κ3) is 4.79. The Balaban J connectivity index is 1.50. The summed E-state index contributed by atoms with van der Waals surface area (Å²) in [6.45, 7) is 0.138. The highest BCUT2D eigenvalue weighted by Crippen LogP contribution is 2.32. The molecule has 0 unspecified atom stereocenters. The van der Waals surface area contributed by atoms with E-state index in [9.17, 15) is 18.0 Å². The van der Waals surface area contributed by atoms with Crippen molar-refractivity contribution in [3.8, 4) is 17.0 Å². The molecule has 37 heavy (non-hydrogen) atoms. The van der Waals surface area contributed by atoms with Crippen molar-refractivity contribution < 1.29 is 22.7 Å². The van der Waals surface area contributed by atoms with Crippen LogP contribution in [0.1, 0.15) is 28.0 Å². The van der Waals surface area contributed by atoms with E-state index in [-0.39, 0.29) is 35.1 Å². The van der Waals surface area contributed by atoms with Crippen LogP contribution in [0.25, 0.3) is 16.9 Å². The highest BCUT2D eigenvalue weighted by Gasteiger charge is 2.23. The zero-order valence-electron chi connectivity index (χ0n) is 19.2. The van der Waals surface area contributed by atoms with Gasteiger partial charge in [0.25, 0.3) is 12.3 Å². The predicted molar refractivity (Wildman–Crippen MR) is 133 cm³/mol. The van der Waals surface area contributed by atoms with Gasteiger partial charge in [0.1, 0.15) is 22.8 Å². The largest absolute Gasteiger partial charge is 0.496 e. The standard InChI is InChI=1S/C25H18BrF3N6O2/c1-37-21-9-5-3-7-15(21)19-10-20(22(28)29)35-24(31-19)16(11-30-35)25(36)32-23-17(26)13-34(33-23)12-14-6-2-4-8-18(14)27/h2-11,13,22H,12H2,1H3,(H,32,33,36). The van der Waals surface area contributed by atoms with E-state index in [0.717, 1.165) is 4.52 Å². The Labute approximate surface area is 216 Å². The molecule has 0 radical (unpaired) electrons. The molecule has 1 amide bonds. The summed E-state index contributed by atoms with van der Waals surface area (Å²) in [5, 5.41) is 10.9. The second-order valence-corrected chi connectivity index (χ2v) is 8.78. The number of carbonyl (C=O) groups is 1. The molecule has 1 N–H and O–H groups in total. The van der Waals surface area contributed by atoms with Crippen LogP contribution in [0.5, 0.6) is 5.75 Å². The summed E-state index contributed by atoms with van der Waals surface area (Å²) in [7, 11) is 1.46. The number of hydrogen-bond acceptors (Lipinski definition) is 5. The Morgan fingerprint density at radius 3 is 2.68 bits per heavy atom. The molecule has 5 rings (SSSR count). The van der Waals surface area contributed by atoms with Gasteiger partial charge < -0.3 is 10.1 Å². The predicted octanol–water partition coefficient (Wildman–Crippen LogP) is 5.74. The molecule has 2 aromatic carbocycles. The topological polar surface area (TPSA) is 86.3 Å². The summed E-state index contributed by atoms with van der Waals surface area (Å²) >= 11 is 3.34. The van der Waals surface area contributed by atoms with Crippen LogP contribution in [0, 0.1) is 5.82 Å². The normalized spacial score (nSPS) is 11.3. The van der Waals surface area contributed by atoms with Crippen LogP contribution in [0.2, 0.25) is 0 Å². The zero-order chi connectivity index (χ0) is 26.1. The third-order valence-corrected chi connectivity index (χ3v) is 6.17. The number of ether oxygens (including phenoxy) is 1. The van der Waals surface area contributed by atoms with Crippen molar-refractivity contribution in [3.63, 3.8) is 0 Å². The highest BCUT2D eigenvalue weighted by atomic mass is 79.9. The second kappa shape index (κ2) is 10.1. The summed E-state index contributed by atoms with van der Waals surface area (Å²) in [5.74, 6) is -0.431. The fourth-order valence-corrected chi connectivity index (χ4v) is 4.25. The van der Waals surface area contributed by atoms with Crippen LogP contribution in [0.15, 0.2) is 71.5 Å². The number of para-hydroxylation sites is 1. The monoisotopic (exact) mass is 570 g/mol.